The Morgan fingerprint density at radius 1 is 1.17 bits per heavy atom. The maximum Gasteiger partial charge on any atom is 0.118 e. The lowest BCUT2D eigenvalue weighted by Crippen LogP contribution is -2.00. The fourth-order valence-electron chi connectivity index (χ4n) is 1.69. The summed E-state index contributed by atoms with van der Waals surface area (Å²) in [6.45, 7) is 0. The van der Waals surface area contributed by atoms with Crippen molar-refractivity contribution in [3.63, 3.8) is 0 Å². The number of aliphatic hydroxyl groups excluding tert-OH is 1. The zero-order chi connectivity index (χ0) is 13.1. The zero-order valence-electron chi connectivity index (χ0n) is 9.73. The zero-order valence-corrected chi connectivity index (χ0v) is 12.1. The van der Waals surface area contributed by atoms with Crippen LogP contribution in [-0.2, 0) is 0 Å². The maximum atomic E-state index is 10.3. The Kier molecular flexibility index (Phi) is 4.27. The first-order valence-electron chi connectivity index (χ1n) is 5.39. The van der Waals surface area contributed by atoms with Crippen LogP contribution in [0.3, 0.4) is 0 Å². The van der Waals surface area contributed by atoms with Crippen molar-refractivity contribution < 1.29 is 9.84 Å². The third-order valence-corrected chi connectivity index (χ3v) is 3.64. The minimum Gasteiger partial charge on any atom is -0.497 e. The molecule has 94 valence electrons. The first-order valence-corrected chi connectivity index (χ1v) is 6.56. The van der Waals surface area contributed by atoms with Crippen LogP contribution in [-0.4, -0.2) is 12.2 Å². The molecule has 2 aromatic rings. The van der Waals surface area contributed by atoms with E-state index in [0.29, 0.717) is 5.02 Å². The molecule has 0 aliphatic rings. The number of methoxy groups -OCH3 is 1. The SMILES string of the molecule is COc1ccc(C(O)c2cc(Cl)ccc2Br)cc1. The van der Waals surface area contributed by atoms with Crippen molar-refractivity contribution in [3.05, 3.63) is 63.1 Å². The van der Waals surface area contributed by atoms with Crippen molar-refractivity contribution in [2.75, 3.05) is 7.11 Å². The molecule has 2 nitrogen and oxygen atoms in total. The smallest absolute Gasteiger partial charge is 0.118 e. The van der Waals surface area contributed by atoms with E-state index in [-0.39, 0.29) is 0 Å². The Labute approximate surface area is 119 Å². The summed E-state index contributed by atoms with van der Waals surface area (Å²) < 4.78 is 5.91. The topological polar surface area (TPSA) is 29.5 Å². The molecule has 4 heteroatoms. The van der Waals surface area contributed by atoms with Gasteiger partial charge in [0.25, 0.3) is 0 Å². The average molecular weight is 328 g/mol. The molecule has 0 saturated carbocycles. The summed E-state index contributed by atoms with van der Waals surface area (Å²) >= 11 is 9.36. The van der Waals surface area contributed by atoms with Crippen LogP contribution in [0.1, 0.15) is 17.2 Å². The maximum absolute atomic E-state index is 10.3. The molecule has 2 rings (SSSR count). The first kappa shape index (κ1) is 13.4. The van der Waals surface area contributed by atoms with E-state index in [1.54, 1.807) is 19.2 Å². The summed E-state index contributed by atoms with van der Waals surface area (Å²) in [7, 11) is 1.61. The largest absolute Gasteiger partial charge is 0.497 e. The molecule has 0 bridgehead atoms. The summed E-state index contributed by atoms with van der Waals surface area (Å²) in [5.41, 5.74) is 1.53. The molecule has 1 N–H and O–H groups in total. The fourth-order valence-corrected chi connectivity index (χ4v) is 2.33. The van der Waals surface area contributed by atoms with Gasteiger partial charge in [-0.15, -0.1) is 0 Å². The molecule has 0 spiro atoms. The van der Waals surface area contributed by atoms with Gasteiger partial charge in [-0.05, 0) is 35.9 Å². The molecular weight excluding hydrogens is 316 g/mol. The van der Waals surface area contributed by atoms with Crippen molar-refractivity contribution in [2.24, 2.45) is 0 Å². The van der Waals surface area contributed by atoms with E-state index in [1.807, 2.05) is 30.3 Å². The van der Waals surface area contributed by atoms with Crippen LogP contribution in [0.5, 0.6) is 5.75 Å². The standard InChI is InChI=1S/C14H12BrClO2/c1-18-11-5-2-9(3-6-11)14(17)12-8-10(16)4-7-13(12)15/h2-8,14,17H,1H3. The number of hydrogen-bond donors (Lipinski definition) is 1. The fraction of sp³-hybridized carbons (Fsp3) is 0.143. The first-order chi connectivity index (χ1) is 8.61. The van der Waals surface area contributed by atoms with Crippen molar-refractivity contribution in [1.82, 2.24) is 0 Å². The van der Waals surface area contributed by atoms with E-state index in [4.69, 9.17) is 16.3 Å². The Hall–Kier alpha value is -1.03. The molecule has 0 aliphatic carbocycles. The van der Waals surface area contributed by atoms with Gasteiger partial charge >= 0.3 is 0 Å². The number of halogens is 2. The number of hydrogen-bond acceptors (Lipinski definition) is 2. The molecule has 18 heavy (non-hydrogen) atoms. The quantitative estimate of drug-likeness (QED) is 0.916. The van der Waals surface area contributed by atoms with Crippen molar-refractivity contribution in [3.8, 4) is 5.75 Å². The summed E-state index contributed by atoms with van der Waals surface area (Å²) in [6.07, 6.45) is -0.719. The lowest BCUT2D eigenvalue weighted by atomic mass is 10.0. The van der Waals surface area contributed by atoms with Crippen LogP contribution >= 0.6 is 27.5 Å². The molecule has 2 aromatic carbocycles. The average Bonchev–Trinajstić information content (AvgIpc) is 2.41. The van der Waals surface area contributed by atoms with Gasteiger partial charge in [-0.1, -0.05) is 39.7 Å². The van der Waals surface area contributed by atoms with Gasteiger partial charge in [0.15, 0.2) is 0 Å². The van der Waals surface area contributed by atoms with E-state index in [9.17, 15) is 5.11 Å². The lowest BCUT2D eigenvalue weighted by Gasteiger charge is -2.14. The molecule has 0 aromatic heterocycles. The van der Waals surface area contributed by atoms with Gasteiger partial charge in [0.1, 0.15) is 11.9 Å². The second kappa shape index (κ2) is 5.74. The number of aliphatic hydroxyl groups is 1. The number of benzene rings is 2. The summed E-state index contributed by atoms with van der Waals surface area (Å²) in [5, 5.41) is 10.9. The van der Waals surface area contributed by atoms with Gasteiger partial charge in [-0.3, -0.25) is 0 Å². The molecule has 0 heterocycles. The highest BCUT2D eigenvalue weighted by atomic mass is 79.9. The summed E-state index contributed by atoms with van der Waals surface area (Å²) in [4.78, 5) is 0. The van der Waals surface area contributed by atoms with Gasteiger partial charge < -0.3 is 9.84 Å². The van der Waals surface area contributed by atoms with Gasteiger partial charge in [0.2, 0.25) is 0 Å². The van der Waals surface area contributed by atoms with Crippen LogP contribution in [0, 0.1) is 0 Å². The Bertz CT molecular complexity index is 540. The normalized spacial score (nSPS) is 12.2. The van der Waals surface area contributed by atoms with Crippen molar-refractivity contribution >= 4 is 27.5 Å². The minimum atomic E-state index is -0.719. The third-order valence-electron chi connectivity index (χ3n) is 2.68. The second-order valence-electron chi connectivity index (χ2n) is 3.84. The van der Waals surface area contributed by atoms with Gasteiger partial charge in [0, 0.05) is 15.1 Å². The molecule has 1 unspecified atom stereocenters. The monoisotopic (exact) mass is 326 g/mol. The van der Waals surface area contributed by atoms with Crippen molar-refractivity contribution in [2.45, 2.75) is 6.10 Å². The highest BCUT2D eigenvalue weighted by Gasteiger charge is 2.14. The summed E-state index contributed by atoms with van der Waals surface area (Å²) in [6, 6.07) is 12.6. The van der Waals surface area contributed by atoms with Crippen LogP contribution in [0.15, 0.2) is 46.9 Å². The van der Waals surface area contributed by atoms with E-state index in [2.05, 4.69) is 15.9 Å². The number of rotatable bonds is 3. The highest BCUT2D eigenvalue weighted by molar-refractivity contribution is 9.10. The minimum absolute atomic E-state index is 0.598. The lowest BCUT2D eigenvalue weighted by molar-refractivity contribution is 0.219. The molecule has 1 atom stereocenters. The van der Waals surface area contributed by atoms with E-state index >= 15 is 0 Å². The molecule has 0 aliphatic heterocycles. The van der Waals surface area contributed by atoms with Crippen LogP contribution in [0.4, 0.5) is 0 Å². The van der Waals surface area contributed by atoms with E-state index < -0.39 is 6.10 Å². The molecule has 0 radical (unpaired) electrons. The number of ether oxygens (including phenoxy) is 1. The highest BCUT2D eigenvalue weighted by Crippen LogP contribution is 2.31. The van der Waals surface area contributed by atoms with Gasteiger partial charge in [-0.25, -0.2) is 0 Å². The molecular formula is C14H12BrClO2. The van der Waals surface area contributed by atoms with Crippen LogP contribution in [0.25, 0.3) is 0 Å². The molecule has 0 amide bonds. The van der Waals surface area contributed by atoms with Gasteiger partial charge in [-0.2, -0.15) is 0 Å². The van der Waals surface area contributed by atoms with Crippen LogP contribution in [0.2, 0.25) is 5.02 Å². The molecule has 0 fully saturated rings. The predicted octanol–water partition coefficient (Wildman–Crippen LogP) is 4.19. The summed E-state index contributed by atoms with van der Waals surface area (Å²) in [5.74, 6) is 0.760. The van der Waals surface area contributed by atoms with Gasteiger partial charge in [0.05, 0.1) is 7.11 Å². The second-order valence-corrected chi connectivity index (χ2v) is 5.13. The predicted molar refractivity (Wildman–Crippen MR) is 76.2 cm³/mol. The van der Waals surface area contributed by atoms with E-state index in [0.717, 1.165) is 21.3 Å². The van der Waals surface area contributed by atoms with E-state index in [1.165, 1.54) is 0 Å². The Morgan fingerprint density at radius 3 is 2.44 bits per heavy atom. The van der Waals surface area contributed by atoms with Crippen molar-refractivity contribution in [1.29, 1.82) is 0 Å². The third kappa shape index (κ3) is 2.86. The molecule has 0 saturated heterocycles. The Balaban J connectivity index is 2.34. The van der Waals surface area contributed by atoms with Crippen LogP contribution < -0.4 is 4.74 Å². The Morgan fingerprint density at radius 2 is 1.83 bits per heavy atom.